The molecule has 0 aliphatic heterocycles. The second-order valence-corrected chi connectivity index (χ2v) is 5.09. The Kier molecular flexibility index (Phi) is 4.66. The maximum Gasteiger partial charge on any atom is 0.0948 e. The minimum absolute atomic E-state index is 0.0311. The van der Waals surface area contributed by atoms with Crippen LogP contribution >= 0.6 is 12.2 Å². The van der Waals surface area contributed by atoms with Crippen LogP contribution in [0.1, 0.15) is 17.2 Å². The van der Waals surface area contributed by atoms with Gasteiger partial charge in [-0.05, 0) is 18.2 Å². The highest BCUT2D eigenvalue weighted by Gasteiger charge is 2.19. The van der Waals surface area contributed by atoms with Gasteiger partial charge in [0.1, 0.15) is 0 Å². The summed E-state index contributed by atoms with van der Waals surface area (Å²) in [6.07, 6.45) is 0. The second-order valence-electron chi connectivity index (χ2n) is 4.62. The zero-order chi connectivity index (χ0) is 13.7. The van der Waals surface area contributed by atoms with Gasteiger partial charge in [0.15, 0.2) is 0 Å². The Labute approximate surface area is 119 Å². The van der Waals surface area contributed by atoms with E-state index in [2.05, 4.69) is 29.2 Å². The Morgan fingerprint density at radius 1 is 1.05 bits per heavy atom. The van der Waals surface area contributed by atoms with E-state index in [1.54, 1.807) is 0 Å². The lowest BCUT2D eigenvalue weighted by molar-refractivity contribution is 0.293. The SMILES string of the molecule is CN(Cc1ccccc1)C(C(N)=S)c1ccccc1. The van der Waals surface area contributed by atoms with Crippen LogP contribution < -0.4 is 5.73 Å². The molecular weight excluding hydrogens is 252 g/mol. The van der Waals surface area contributed by atoms with E-state index in [9.17, 15) is 0 Å². The number of benzene rings is 2. The first-order valence-electron chi connectivity index (χ1n) is 6.27. The van der Waals surface area contributed by atoms with Crippen LogP contribution in [0.25, 0.3) is 0 Å². The average Bonchev–Trinajstić information content (AvgIpc) is 2.40. The van der Waals surface area contributed by atoms with Gasteiger partial charge in [0, 0.05) is 6.54 Å². The van der Waals surface area contributed by atoms with Gasteiger partial charge >= 0.3 is 0 Å². The number of rotatable bonds is 5. The number of thiocarbonyl (C=S) groups is 1. The predicted molar refractivity (Wildman–Crippen MR) is 83.9 cm³/mol. The molecule has 19 heavy (non-hydrogen) atoms. The van der Waals surface area contributed by atoms with E-state index in [0.717, 1.165) is 12.1 Å². The fourth-order valence-electron chi connectivity index (χ4n) is 2.23. The van der Waals surface area contributed by atoms with Gasteiger partial charge in [0.2, 0.25) is 0 Å². The van der Waals surface area contributed by atoms with Crippen LogP contribution in [0.2, 0.25) is 0 Å². The van der Waals surface area contributed by atoms with E-state index >= 15 is 0 Å². The molecule has 0 aliphatic carbocycles. The molecule has 3 heteroatoms. The molecule has 2 aromatic rings. The third-order valence-corrected chi connectivity index (χ3v) is 3.32. The van der Waals surface area contributed by atoms with Crippen LogP contribution in [0.5, 0.6) is 0 Å². The van der Waals surface area contributed by atoms with E-state index < -0.39 is 0 Å². The second kappa shape index (κ2) is 6.45. The third-order valence-electron chi connectivity index (χ3n) is 3.10. The highest BCUT2D eigenvalue weighted by molar-refractivity contribution is 7.80. The molecule has 98 valence electrons. The molecule has 0 fully saturated rings. The van der Waals surface area contributed by atoms with Crippen molar-refractivity contribution in [3.05, 3.63) is 71.8 Å². The topological polar surface area (TPSA) is 29.3 Å². The van der Waals surface area contributed by atoms with Crippen molar-refractivity contribution in [2.45, 2.75) is 12.6 Å². The van der Waals surface area contributed by atoms with Gasteiger partial charge in [-0.1, -0.05) is 72.9 Å². The molecule has 2 nitrogen and oxygen atoms in total. The normalized spacial score (nSPS) is 12.3. The summed E-state index contributed by atoms with van der Waals surface area (Å²) in [5.74, 6) is 0. The van der Waals surface area contributed by atoms with Crippen LogP contribution in [-0.4, -0.2) is 16.9 Å². The molecule has 2 aromatic carbocycles. The fraction of sp³-hybridized carbons (Fsp3) is 0.188. The van der Waals surface area contributed by atoms with Crippen LogP contribution in [0, 0.1) is 0 Å². The van der Waals surface area contributed by atoms with Gasteiger partial charge in [-0.25, -0.2) is 0 Å². The predicted octanol–water partition coefficient (Wildman–Crippen LogP) is 3.15. The molecule has 0 aliphatic rings. The van der Waals surface area contributed by atoms with Gasteiger partial charge in [-0.15, -0.1) is 0 Å². The van der Waals surface area contributed by atoms with Crippen molar-refractivity contribution in [2.24, 2.45) is 5.73 Å². The summed E-state index contributed by atoms with van der Waals surface area (Å²) in [6.45, 7) is 0.817. The summed E-state index contributed by atoms with van der Waals surface area (Å²) in [4.78, 5) is 2.68. The molecule has 0 heterocycles. The van der Waals surface area contributed by atoms with Gasteiger partial charge in [0.05, 0.1) is 11.0 Å². The molecule has 0 amide bonds. The van der Waals surface area contributed by atoms with Crippen molar-refractivity contribution in [1.29, 1.82) is 0 Å². The quantitative estimate of drug-likeness (QED) is 0.846. The van der Waals surface area contributed by atoms with Crippen molar-refractivity contribution in [1.82, 2.24) is 4.90 Å². The third kappa shape index (κ3) is 3.63. The molecule has 0 aromatic heterocycles. The van der Waals surface area contributed by atoms with E-state index in [1.807, 2.05) is 43.4 Å². The van der Waals surface area contributed by atoms with Crippen molar-refractivity contribution >= 4 is 17.2 Å². The molecule has 0 bridgehead atoms. The number of likely N-dealkylation sites (N-methyl/N-ethyl adjacent to an activating group) is 1. The Morgan fingerprint density at radius 3 is 2.11 bits per heavy atom. The van der Waals surface area contributed by atoms with E-state index in [0.29, 0.717) is 4.99 Å². The fourth-order valence-corrected chi connectivity index (χ4v) is 2.55. The van der Waals surface area contributed by atoms with Gasteiger partial charge < -0.3 is 5.73 Å². The van der Waals surface area contributed by atoms with Crippen molar-refractivity contribution in [2.75, 3.05) is 7.05 Å². The van der Waals surface area contributed by atoms with E-state index in [-0.39, 0.29) is 6.04 Å². The first-order chi connectivity index (χ1) is 9.18. The number of hydrogen-bond donors (Lipinski definition) is 1. The molecule has 0 saturated heterocycles. The van der Waals surface area contributed by atoms with Gasteiger partial charge in [-0.3, -0.25) is 4.90 Å². The lowest BCUT2D eigenvalue weighted by Gasteiger charge is -2.27. The number of hydrogen-bond acceptors (Lipinski definition) is 2. The molecule has 2 rings (SSSR count). The summed E-state index contributed by atoms with van der Waals surface area (Å²) >= 11 is 5.23. The highest BCUT2D eigenvalue weighted by Crippen LogP contribution is 2.21. The Balaban J connectivity index is 2.18. The minimum atomic E-state index is -0.0311. The Morgan fingerprint density at radius 2 is 1.58 bits per heavy atom. The highest BCUT2D eigenvalue weighted by atomic mass is 32.1. The summed E-state index contributed by atoms with van der Waals surface area (Å²) in [7, 11) is 2.05. The molecule has 0 spiro atoms. The maximum atomic E-state index is 5.91. The molecule has 0 saturated carbocycles. The van der Waals surface area contributed by atoms with Crippen LogP contribution in [0.3, 0.4) is 0 Å². The lowest BCUT2D eigenvalue weighted by atomic mass is 10.0. The zero-order valence-electron chi connectivity index (χ0n) is 11.0. The average molecular weight is 270 g/mol. The lowest BCUT2D eigenvalue weighted by Crippen LogP contribution is -2.33. The Hall–Kier alpha value is -1.71. The van der Waals surface area contributed by atoms with E-state index in [4.69, 9.17) is 18.0 Å². The number of nitrogens with zero attached hydrogens (tertiary/aromatic N) is 1. The maximum absolute atomic E-state index is 5.91. The van der Waals surface area contributed by atoms with Crippen LogP contribution in [0.4, 0.5) is 0 Å². The zero-order valence-corrected chi connectivity index (χ0v) is 11.8. The van der Waals surface area contributed by atoms with Crippen molar-refractivity contribution in [3.63, 3.8) is 0 Å². The molecular formula is C16H18N2S. The first kappa shape index (κ1) is 13.7. The van der Waals surface area contributed by atoms with Gasteiger partial charge in [0.25, 0.3) is 0 Å². The smallest absolute Gasteiger partial charge is 0.0948 e. The van der Waals surface area contributed by atoms with Crippen LogP contribution in [0.15, 0.2) is 60.7 Å². The first-order valence-corrected chi connectivity index (χ1v) is 6.67. The van der Waals surface area contributed by atoms with Gasteiger partial charge in [-0.2, -0.15) is 0 Å². The number of nitrogens with two attached hydrogens (primary N) is 1. The summed E-state index contributed by atoms with van der Waals surface area (Å²) in [5.41, 5.74) is 8.30. The van der Waals surface area contributed by atoms with Crippen molar-refractivity contribution in [3.8, 4) is 0 Å². The monoisotopic (exact) mass is 270 g/mol. The summed E-state index contributed by atoms with van der Waals surface area (Å²) in [6, 6.07) is 20.4. The largest absolute Gasteiger partial charge is 0.392 e. The molecule has 0 radical (unpaired) electrons. The van der Waals surface area contributed by atoms with E-state index in [1.165, 1.54) is 5.56 Å². The summed E-state index contributed by atoms with van der Waals surface area (Å²) < 4.78 is 0. The molecule has 1 atom stereocenters. The molecule has 2 N–H and O–H groups in total. The van der Waals surface area contributed by atoms with Crippen molar-refractivity contribution < 1.29 is 0 Å². The summed E-state index contributed by atoms with van der Waals surface area (Å²) in [5, 5.41) is 0. The minimum Gasteiger partial charge on any atom is -0.392 e. The standard InChI is InChI=1S/C16H18N2S/c1-18(12-13-8-4-2-5-9-13)15(16(17)19)14-10-6-3-7-11-14/h2-11,15H,12H2,1H3,(H2,17,19). The molecule has 1 unspecified atom stereocenters. The van der Waals surface area contributed by atoms with Crippen LogP contribution in [-0.2, 0) is 6.54 Å². The Bertz CT molecular complexity index is 525.